The SMILES string of the molecule is CCOP(=O)(Cc1cc(-c2ccc(OC)cc2)c(CP(=O)(OCC)OCC)nn1)OCC. The molecule has 0 amide bonds. The second-order valence-electron chi connectivity index (χ2n) is 6.63. The van der Waals surface area contributed by atoms with Crippen LogP contribution < -0.4 is 4.74 Å². The predicted molar refractivity (Wildman–Crippen MR) is 123 cm³/mol. The molecule has 1 aromatic carbocycles. The van der Waals surface area contributed by atoms with Crippen LogP contribution in [-0.4, -0.2) is 43.7 Å². The molecule has 0 bridgehead atoms. The van der Waals surface area contributed by atoms with Gasteiger partial charge in [-0.15, -0.1) is 0 Å². The highest BCUT2D eigenvalue weighted by Crippen LogP contribution is 2.53. The van der Waals surface area contributed by atoms with Crippen LogP contribution >= 0.6 is 15.2 Å². The summed E-state index contributed by atoms with van der Waals surface area (Å²) in [5.41, 5.74) is 2.37. The average Bonchev–Trinajstić information content (AvgIpc) is 2.75. The quantitative estimate of drug-likeness (QED) is 0.312. The molecule has 0 saturated heterocycles. The van der Waals surface area contributed by atoms with E-state index < -0.39 is 15.2 Å². The molecule has 0 spiro atoms. The predicted octanol–water partition coefficient (Wildman–Crippen LogP) is 5.68. The van der Waals surface area contributed by atoms with E-state index in [0.717, 1.165) is 5.56 Å². The summed E-state index contributed by atoms with van der Waals surface area (Å²) < 4.78 is 53.0. The van der Waals surface area contributed by atoms with Crippen LogP contribution in [0.25, 0.3) is 11.1 Å². The maximum absolute atomic E-state index is 13.1. The first-order valence-electron chi connectivity index (χ1n) is 10.6. The Kier molecular flexibility index (Phi) is 10.5. The number of methoxy groups -OCH3 is 1. The summed E-state index contributed by atoms with van der Waals surface area (Å²) in [6, 6.07) is 9.11. The maximum atomic E-state index is 13.1. The van der Waals surface area contributed by atoms with E-state index >= 15 is 0 Å². The first kappa shape index (κ1) is 26.7. The molecule has 0 aliphatic heterocycles. The highest BCUT2D eigenvalue weighted by Gasteiger charge is 2.29. The van der Waals surface area contributed by atoms with Crippen molar-refractivity contribution < 1.29 is 32.0 Å². The molecule has 1 heterocycles. The Morgan fingerprint density at radius 3 is 1.72 bits per heavy atom. The van der Waals surface area contributed by atoms with Gasteiger partial charge in [-0.2, -0.15) is 10.2 Å². The van der Waals surface area contributed by atoms with Gasteiger partial charge in [-0.3, -0.25) is 9.13 Å². The summed E-state index contributed by atoms with van der Waals surface area (Å²) in [7, 11) is -5.19. The minimum absolute atomic E-state index is 0.0281. The van der Waals surface area contributed by atoms with Crippen LogP contribution in [0.4, 0.5) is 0 Å². The minimum atomic E-state index is -3.41. The fourth-order valence-corrected chi connectivity index (χ4v) is 6.34. The van der Waals surface area contributed by atoms with Crippen LogP contribution in [0.2, 0.25) is 0 Å². The second-order valence-corrected chi connectivity index (χ2v) is 10.7. The Morgan fingerprint density at radius 1 is 0.750 bits per heavy atom. The first-order valence-corrected chi connectivity index (χ1v) is 14.0. The molecule has 2 rings (SSSR count). The van der Waals surface area contributed by atoms with Gasteiger partial charge < -0.3 is 22.8 Å². The van der Waals surface area contributed by atoms with Gasteiger partial charge in [-0.05, 0) is 51.5 Å². The van der Waals surface area contributed by atoms with E-state index in [1.807, 2.05) is 24.3 Å². The van der Waals surface area contributed by atoms with Gasteiger partial charge in [0.1, 0.15) is 5.75 Å². The van der Waals surface area contributed by atoms with Crippen molar-refractivity contribution in [3.8, 4) is 16.9 Å². The highest BCUT2D eigenvalue weighted by molar-refractivity contribution is 7.53. The molecule has 0 saturated carbocycles. The Balaban J connectivity index is 2.51. The van der Waals surface area contributed by atoms with Crippen LogP contribution in [0.1, 0.15) is 39.1 Å². The van der Waals surface area contributed by atoms with Gasteiger partial charge in [0.05, 0.1) is 57.2 Å². The molecule has 32 heavy (non-hydrogen) atoms. The molecule has 0 radical (unpaired) electrons. The number of benzene rings is 1. The third-order valence-corrected chi connectivity index (χ3v) is 8.33. The van der Waals surface area contributed by atoms with Crippen LogP contribution in [0.3, 0.4) is 0 Å². The van der Waals surface area contributed by atoms with E-state index in [2.05, 4.69) is 10.2 Å². The normalized spacial score (nSPS) is 12.2. The molecule has 0 aliphatic rings. The number of hydrogen-bond acceptors (Lipinski definition) is 9. The molecule has 0 fully saturated rings. The number of hydrogen-bond donors (Lipinski definition) is 0. The van der Waals surface area contributed by atoms with Crippen LogP contribution in [0.15, 0.2) is 30.3 Å². The molecular formula is C21H32N2O7P2. The summed E-state index contributed by atoms with van der Waals surface area (Å²) >= 11 is 0. The molecule has 11 heteroatoms. The monoisotopic (exact) mass is 486 g/mol. The van der Waals surface area contributed by atoms with E-state index in [4.69, 9.17) is 22.8 Å². The number of aromatic nitrogens is 2. The second kappa shape index (κ2) is 12.6. The molecular weight excluding hydrogens is 454 g/mol. The zero-order chi connectivity index (χ0) is 23.6. The van der Waals surface area contributed by atoms with Crippen molar-refractivity contribution in [2.75, 3.05) is 33.5 Å². The highest BCUT2D eigenvalue weighted by atomic mass is 31.2. The van der Waals surface area contributed by atoms with Crippen molar-refractivity contribution in [1.82, 2.24) is 10.2 Å². The molecule has 9 nitrogen and oxygen atoms in total. The van der Waals surface area contributed by atoms with Crippen molar-refractivity contribution in [1.29, 1.82) is 0 Å². The Bertz CT molecular complexity index is 934. The molecule has 2 aromatic rings. The van der Waals surface area contributed by atoms with E-state index in [-0.39, 0.29) is 38.8 Å². The van der Waals surface area contributed by atoms with Gasteiger partial charge >= 0.3 is 15.2 Å². The number of ether oxygens (including phenoxy) is 1. The molecule has 0 N–H and O–H groups in total. The topological polar surface area (TPSA) is 106 Å². The summed E-state index contributed by atoms with van der Waals surface area (Å²) in [5.74, 6) is 0.698. The van der Waals surface area contributed by atoms with E-state index in [9.17, 15) is 9.13 Å². The van der Waals surface area contributed by atoms with Crippen molar-refractivity contribution >= 4 is 15.2 Å². The number of nitrogens with zero attached hydrogens (tertiary/aromatic N) is 2. The first-order chi connectivity index (χ1) is 15.3. The van der Waals surface area contributed by atoms with Gasteiger partial charge in [0.25, 0.3) is 0 Å². The van der Waals surface area contributed by atoms with E-state index in [1.54, 1.807) is 40.9 Å². The lowest BCUT2D eigenvalue weighted by molar-refractivity contribution is 0.217. The smallest absolute Gasteiger partial charge is 0.336 e. The lowest BCUT2D eigenvalue weighted by atomic mass is 10.0. The summed E-state index contributed by atoms with van der Waals surface area (Å²) in [6.45, 7) is 8.00. The number of rotatable bonds is 14. The van der Waals surface area contributed by atoms with Gasteiger partial charge in [-0.25, -0.2) is 0 Å². The third-order valence-electron chi connectivity index (χ3n) is 4.32. The molecule has 0 unspecified atom stereocenters. The van der Waals surface area contributed by atoms with Gasteiger partial charge in [0, 0.05) is 5.56 Å². The molecule has 0 atom stereocenters. The third kappa shape index (κ3) is 7.48. The van der Waals surface area contributed by atoms with Gasteiger partial charge in [0.2, 0.25) is 0 Å². The minimum Gasteiger partial charge on any atom is -0.497 e. The average molecular weight is 486 g/mol. The summed E-state index contributed by atoms with van der Waals surface area (Å²) in [6.07, 6.45) is -0.0718. The van der Waals surface area contributed by atoms with Crippen molar-refractivity contribution in [2.45, 2.75) is 40.0 Å². The van der Waals surface area contributed by atoms with Crippen molar-refractivity contribution in [3.63, 3.8) is 0 Å². The maximum Gasteiger partial charge on any atom is 0.336 e. The Labute approximate surface area is 189 Å². The fourth-order valence-electron chi connectivity index (χ4n) is 3.10. The Morgan fingerprint density at radius 2 is 1.25 bits per heavy atom. The zero-order valence-corrected chi connectivity index (χ0v) is 21.1. The lowest BCUT2D eigenvalue weighted by Gasteiger charge is -2.19. The van der Waals surface area contributed by atoms with Crippen molar-refractivity contribution in [2.24, 2.45) is 0 Å². The molecule has 1 aromatic heterocycles. The van der Waals surface area contributed by atoms with Gasteiger partial charge in [0.15, 0.2) is 0 Å². The standard InChI is InChI=1S/C21H32N2O7P2/c1-6-27-31(24,28-7-2)15-18-14-20(17-10-12-19(26-5)13-11-17)21(23-22-18)16-32(25,29-8-3)30-9-4/h10-14H,6-9,15-16H2,1-5H3. The van der Waals surface area contributed by atoms with E-state index in [0.29, 0.717) is 22.7 Å². The lowest BCUT2D eigenvalue weighted by Crippen LogP contribution is -2.07. The summed E-state index contributed by atoms with van der Waals surface area (Å²) in [5, 5.41) is 8.52. The molecule has 0 aliphatic carbocycles. The van der Waals surface area contributed by atoms with Crippen molar-refractivity contribution in [3.05, 3.63) is 41.7 Å². The largest absolute Gasteiger partial charge is 0.497 e. The van der Waals surface area contributed by atoms with E-state index in [1.165, 1.54) is 0 Å². The van der Waals surface area contributed by atoms with Crippen LogP contribution in [-0.2, 0) is 39.5 Å². The van der Waals surface area contributed by atoms with Crippen LogP contribution in [0, 0.1) is 0 Å². The Hall–Kier alpha value is -1.60. The summed E-state index contributed by atoms with van der Waals surface area (Å²) in [4.78, 5) is 0. The fraction of sp³-hybridized carbons (Fsp3) is 0.524. The zero-order valence-electron chi connectivity index (χ0n) is 19.3. The molecule has 178 valence electrons. The van der Waals surface area contributed by atoms with Gasteiger partial charge in [-0.1, -0.05) is 12.1 Å². The van der Waals surface area contributed by atoms with Crippen LogP contribution in [0.5, 0.6) is 5.75 Å².